The van der Waals surface area contributed by atoms with Crippen molar-refractivity contribution in [1.82, 2.24) is 21.5 Å². The summed E-state index contributed by atoms with van der Waals surface area (Å²) in [5.41, 5.74) is 7.46. The average Bonchev–Trinajstić information content (AvgIpc) is 3.44. The average molecular weight is 447 g/mol. The van der Waals surface area contributed by atoms with E-state index in [-0.39, 0.29) is 36.4 Å². The molecule has 1 aromatic rings. The Labute approximate surface area is 188 Å². The molecule has 4 rings (SSSR count). The van der Waals surface area contributed by atoms with E-state index >= 15 is 0 Å². The number of hydrazine groups is 1. The Kier molecular flexibility index (Phi) is 7.83. The van der Waals surface area contributed by atoms with Crippen LogP contribution in [-0.4, -0.2) is 56.7 Å². The van der Waals surface area contributed by atoms with Crippen LogP contribution in [0.1, 0.15) is 44.1 Å². The first-order chi connectivity index (χ1) is 15.6. The van der Waals surface area contributed by atoms with Crippen molar-refractivity contribution in [2.75, 3.05) is 20.3 Å². The molecule has 9 nitrogen and oxygen atoms in total. The van der Waals surface area contributed by atoms with E-state index in [1.807, 2.05) is 24.3 Å². The summed E-state index contributed by atoms with van der Waals surface area (Å²) in [5.74, 6) is 1.16. The minimum atomic E-state index is -0.316. The molecular weight excluding hydrogens is 412 g/mol. The molecular formula is C23H34N4O5. The van der Waals surface area contributed by atoms with Crippen LogP contribution < -0.4 is 26.2 Å². The minimum absolute atomic E-state index is 0.0208. The first kappa shape index (κ1) is 22.8. The third kappa shape index (κ3) is 6.34. The van der Waals surface area contributed by atoms with E-state index in [4.69, 9.17) is 14.2 Å². The number of carbonyl (C=O) groups is 2. The fourth-order valence-electron chi connectivity index (χ4n) is 4.80. The largest absolute Gasteiger partial charge is 0.497 e. The lowest BCUT2D eigenvalue weighted by atomic mass is 9.96. The highest BCUT2D eigenvalue weighted by molar-refractivity contribution is 5.78. The predicted molar refractivity (Wildman–Crippen MR) is 118 cm³/mol. The van der Waals surface area contributed by atoms with E-state index < -0.39 is 0 Å². The number of hydrogen-bond donors (Lipinski definition) is 4. The second kappa shape index (κ2) is 11.0. The van der Waals surface area contributed by atoms with Crippen LogP contribution >= 0.6 is 0 Å². The zero-order valence-electron chi connectivity index (χ0n) is 18.6. The first-order valence-electron chi connectivity index (χ1n) is 11.6. The van der Waals surface area contributed by atoms with E-state index in [0.29, 0.717) is 25.6 Å². The van der Waals surface area contributed by atoms with E-state index in [1.54, 1.807) is 7.11 Å². The summed E-state index contributed by atoms with van der Waals surface area (Å²) in [6.45, 7) is 1.38. The minimum Gasteiger partial charge on any atom is -0.497 e. The van der Waals surface area contributed by atoms with Gasteiger partial charge in [-0.05, 0) is 62.1 Å². The molecule has 0 spiro atoms. The fourth-order valence-corrected chi connectivity index (χ4v) is 4.80. The molecule has 176 valence electrons. The van der Waals surface area contributed by atoms with Crippen LogP contribution in [0.4, 0.5) is 4.79 Å². The van der Waals surface area contributed by atoms with Crippen LogP contribution in [0.15, 0.2) is 24.3 Å². The van der Waals surface area contributed by atoms with E-state index in [9.17, 15) is 9.59 Å². The second-order valence-electron chi connectivity index (χ2n) is 8.91. The number of carbonyl (C=O) groups excluding carboxylic acids is 2. The molecule has 9 heteroatoms. The van der Waals surface area contributed by atoms with E-state index in [0.717, 1.165) is 49.8 Å². The standard InChI is InChI=1S/C23H34N4O5/c1-30-18-5-2-15(3-6-18)12-22(28)25-21-14-20(26-27-21)16-4-7-19(13-16)32-23(29)24-17-8-10-31-11-9-17/h2-3,5-6,16-17,19-21,26-27H,4,7-14H2,1H3,(H,24,29)(H,25,28)/t16-,19+,20?,21?/m0/s1. The third-order valence-electron chi connectivity index (χ3n) is 6.60. The van der Waals surface area contributed by atoms with Crippen LogP contribution in [0.25, 0.3) is 0 Å². The van der Waals surface area contributed by atoms with Gasteiger partial charge < -0.3 is 24.8 Å². The number of ether oxygens (including phenoxy) is 3. The van der Waals surface area contributed by atoms with Gasteiger partial charge in [0.2, 0.25) is 5.91 Å². The second-order valence-corrected chi connectivity index (χ2v) is 8.91. The fraction of sp³-hybridized carbons (Fsp3) is 0.652. The number of benzene rings is 1. The number of amides is 2. The molecule has 0 bridgehead atoms. The molecule has 2 aliphatic heterocycles. The predicted octanol–water partition coefficient (Wildman–Crippen LogP) is 1.62. The maximum atomic E-state index is 12.4. The molecule has 2 heterocycles. The quantitative estimate of drug-likeness (QED) is 0.504. The van der Waals surface area contributed by atoms with Crippen molar-refractivity contribution in [1.29, 1.82) is 0 Å². The van der Waals surface area contributed by atoms with Crippen molar-refractivity contribution in [3.8, 4) is 5.75 Å². The topological polar surface area (TPSA) is 110 Å². The lowest BCUT2D eigenvalue weighted by Gasteiger charge is -2.24. The zero-order valence-corrected chi connectivity index (χ0v) is 18.6. The van der Waals surface area contributed by atoms with Crippen molar-refractivity contribution < 1.29 is 23.8 Å². The molecule has 1 aliphatic carbocycles. The molecule has 1 saturated carbocycles. The summed E-state index contributed by atoms with van der Waals surface area (Å²) in [6, 6.07) is 7.91. The van der Waals surface area contributed by atoms with Crippen molar-refractivity contribution in [3.05, 3.63) is 29.8 Å². The van der Waals surface area contributed by atoms with Crippen LogP contribution in [0.2, 0.25) is 0 Å². The molecule has 0 radical (unpaired) electrons. The molecule has 2 unspecified atom stereocenters. The summed E-state index contributed by atoms with van der Waals surface area (Å²) in [6.07, 6.45) is 5.05. The van der Waals surface area contributed by atoms with E-state index in [1.165, 1.54) is 0 Å². The van der Waals surface area contributed by atoms with Crippen LogP contribution in [0.3, 0.4) is 0 Å². The van der Waals surface area contributed by atoms with Crippen LogP contribution in [0, 0.1) is 5.92 Å². The van der Waals surface area contributed by atoms with Gasteiger partial charge in [-0.2, -0.15) is 0 Å². The van der Waals surface area contributed by atoms with E-state index in [2.05, 4.69) is 21.5 Å². The van der Waals surface area contributed by atoms with Crippen molar-refractivity contribution in [2.24, 2.45) is 5.92 Å². The van der Waals surface area contributed by atoms with Crippen molar-refractivity contribution >= 4 is 12.0 Å². The number of nitrogens with one attached hydrogen (secondary N) is 4. The zero-order chi connectivity index (χ0) is 22.3. The Morgan fingerprint density at radius 2 is 1.81 bits per heavy atom. The summed E-state index contributed by atoms with van der Waals surface area (Å²) in [5, 5.41) is 6.01. The monoisotopic (exact) mass is 446 g/mol. The van der Waals surface area contributed by atoms with Gasteiger partial charge in [0.05, 0.1) is 19.7 Å². The molecule has 3 fully saturated rings. The Morgan fingerprint density at radius 1 is 1.03 bits per heavy atom. The number of alkyl carbamates (subject to hydrolysis) is 1. The maximum Gasteiger partial charge on any atom is 0.407 e. The van der Waals surface area contributed by atoms with Gasteiger partial charge in [-0.3, -0.25) is 10.2 Å². The van der Waals surface area contributed by atoms with Crippen LogP contribution in [-0.2, 0) is 20.7 Å². The summed E-state index contributed by atoms with van der Waals surface area (Å²) < 4.78 is 16.1. The molecule has 3 aliphatic rings. The van der Waals surface area contributed by atoms with Gasteiger partial charge >= 0.3 is 6.09 Å². The van der Waals surface area contributed by atoms with Gasteiger partial charge in [0.25, 0.3) is 0 Å². The summed E-state index contributed by atoms with van der Waals surface area (Å²) >= 11 is 0. The van der Waals surface area contributed by atoms with Gasteiger partial charge in [-0.15, -0.1) is 0 Å². The van der Waals surface area contributed by atoms with Crippen molar-refractivity contribution in [2.45, 2.75) is 69.3 Å². The summed E-state index contributed by atoms with van der Waals surface area (Å²) in [4.78, 5) is 24.6. The summed E-state index contributed by atoms with van der Waals surface area (Å²) in [7, 11) is 1.62. The van der Waals surface area contributed by atoms with Gasteiger partial charge in [-0.1, -0.05) is 12.1 Å². The lowest BCUT2D eigenvalue weighted by Crippen LogP contribution is -2.45. The first-order valence-corrected chi connectivity index (χ1v) is 11.6. The maximum absolute atomic E-state index is 12.4. The lowest BCUT2D eigenvalue weighted by molar-refractivity contribution is -0.121. The number of methoxy groups -OCH3 is 1. The molecule has 32 heavy (non-hydrogen) atoms. The Bertz CT molecular complexity index is 768. The van der Waals surface area contributed by atoms with Gasteiger partial charge in [-0.25, -0.2) is 10.2 Å². The number of hydrogen-bond acceptors (Lipinski definition) is 7. The van der Waals surface area contributed by atoms with Gasteiger partial charge in [0.1, 0.15) is 11.9 Å². The third-order valence-corrected chi connectivity index (χ3v) is 6.60. The van der Waals surface area contributed by atoms with Gasteiger partial charge in [0, 0.05) is 25.3 Å². The highest BCUT2D eigenvalue weighted by Gasteiger charge is 2.37. The Morgan fingerprint density at radius 3 is 2.56 bits per heavy atom. The number of rotatable bonds is 7. The Balaban J connectivity index is 1.16. The smallest absolute Gasteiger partial charge is 0.407 e. The molecule has 4 N–H and O–H groups in total. The highest BCUT2D eigenvalue weighted by Crippen LogP contribution is 2.33. The molecule has 2 saturated heterocycles. The highest BCUT2D eigenvalue weighted by atomic mass is 16.6. The normalized spacial score (nSPS) is 28.3. The van der Waals surface area contributed by atoms with Crippen LogP contribution in [0.5, 0.6) is 5.75 Å². The Hall–Kier alpha value is -2.36. The van der Waals surface area contributed by atoms with Crippen molar-refractivity contribution in [3.63, 3.8) is 0 Å². The molecule has 4 atom stereocenters. The van der Waals surface area contributed by atoms with Gasteiger partial charge in [0.15, 0.2) is 0 Å². The SMILES string of the molecule is COc1ccc(CC(=O)NC2CC([C@H]3CC[C@@H](OC(=O)NC4CCOCC4)C3)NN2)cc1. The molecule has 2 amide bonds. The molecule has 1 aromatic carbocycles. The molecule has 0 aromatic heterocycles.